The van der Waals surface area contributed by atoms with Crippen molar-refractivity contribution in [2.24, 2.45) is 5.84 Å². The predicted molar refractivity (Wildman–Crippen MR) is 87.4 cm³/mol. The average Bonchev–Trinajstić information content (AvgIpc) is 2.90. The SMILES string of the molecule is CCc1cc2c(NCCS(=O)(=O)CC)nc(NN)nc2s1. The van der Waals surface area contributed by atoms with Crippen LogP contribution in [0.1, 0.15) is 18.7 Å². The van der Waals surface area contributed by atoms with Crippen LogP contribution in [-0.2, 0) is 16.3 Å². The summed E-state index contributed by atoms with van der Waals surface area (Å²) in [4.78, 5) is 10.6. The lowest BCUT2D eigenvalue weighted by Crippen LogP contribution is -2.18. The van der Waals surface area contributed by atoms with Gasteiger partial charge in [-0.05, 0) is 12.5 Å². The van der Waals surface area contributed by atoms with Crippen LogP contribution in [0.5, 0.6) is 0 Å². The van der Waals surface area contributed by atoms with E-state index in [0.29, 0.717) is 18.3 Å². The first kappa shape index (κ1) is 15.9. The fourth-order valence-corrected chi connectivity index (χ4v) is 3.48. The van der Waals surface area contributed by atoms with Gasteiger partial charge in [0.1, 0.15) is 10.6 Å². The zero-order valence-corrected chi connectivity index (χ0v) is 13.6. The van der Waals surface area contributed by atoms with Gasteiger partial charge in [0.25, 0.3) is 0 Å². The van der Waals surface area contributed by atoms with E-state index in [1.165, 1.54) is 4.88 Å². The number of aryl methyl sites for hydroxylation is 1. The summed E-state index contributed by atoms with van der Waals surface area (Å²) in [5, 5.41) is 3.96. The Labute approximate surface area is 127 Å². The molecule has 0 fully saturated rings. The van der Waals surface area contributed by atoms with Gasteiger partial charge in [-0.15, -0.1) is 11.3 Å². The van der Waals surface area contributed by atoms with E-state index in [1.54, 1.807) is 18.3 Å². The van der Waals surface area contributed by atoms with Gasteiger partial charge in [-0.25, -0.2) is 19.2 Å². The number of aromatic nitrogens is 2. The molecule has 0 unspecified atom stereocenters. The molecule has 2 rings (SSSR count). The van der Waals surface area contributed by atoms with Crippen LogP contribution in [0.25, 0.3) is 10.2 Å². The Morgan fingerprint density at radius 1 is 1.33 bits per heavy atom. The molecule has 0 amide bonds. The Bertz CT molecular complexity index is 727. The van der Waals surface area contributed by atoms with Crippen molar-refractivity contribution < 1.29 is 8.42 Å². The lowest BCUT2D eigenvalue weighted by Gasteiger charge is -2.08. The molecule has 0 aromatic carbocycles. The number of hydrogen-bond donors (Lipinski definition) is 3. The summed E-state index contributed by atoms with van der Waals surface area (Å²) in [6.07, 6.45) is 0.913. The Morgan fingerprint density at radius 3 is 2.71 bits per heavy atom. The molecule has 116 valence electrons. The third-order valence-corrected chi connectivity index (χ3v) is 5.95. The number of hydrogen-bond acceptors (Lipinski definition) is 8. The summed E-state index contributed by atoms with van der Waals surface area (Å²) < 4.78 is 23.0. The number of nitrogens with zero attached hydrogens (tertiary/aromatic N) is 2. The molecule has 4 N–H and O–H groups in total. The van der Waals surface area contributed by atoms with E-state index in [0.717, 1.165) is 16.6 Å². The lowest BCUT2D eigenvalue weighted by molar-refractivity contribution is 0.597. The van der Waals surface area contributed by atoms with Gasteiger partial charge in [-0.2, -0.15) is 4.98 Å². The van der Waals surface area contributed by atoms with Crippen molar-refractivity contribution >= 4 is 43.2 Å². The highest BCUT2D eigenvalue weighted by Crippen LogP contribution is 2.30. The fourth-order valence-electron chi connectivity index (χ4n) is 1.81. The number of nitrogen functional groups attached to an aromatic ring is 1. The second-order valence-corrected chi connectivity index (χ2v) is 8.08. The molecule has 0 aliphatic heterocycles. The molecule has 0 aliphatic carbocycles. The second kappa shape index (κ2) is 6.54. The predicted octanol–water partition coefficient (Wildman–Crippen LogP) is 1.39. The van der Waals surface area contributed by atoms with Crippen LogP contribution in [0.4, 0.5) is 11.8 Å². The maximum Gasteiger partial charge on any atom is 0.240 e. The number of fused-ring (bicyclic) bond motifs is 1. The largest absolute Gasteiger partial charge is 0.368 e. The van der Waals surface area contributed by atoms with Crippen LogP contribution in [-0.4, -0.2) is 36.4 Å². The van der Waals surface area contributed by atoms with Crippen LogP contribution in [0, 0.1) is 0 Å². The van der Waals surface area contributed by atoms with Gasteiger partial charge in [0, 0.05) is 17.2 Å². The third-order valence-electron chi connectivity index (χ3n) is 3.07. The smallest absolute Gasteiger partial charge is 0.240 e. The molecule has 7 nitrogen and oxygen atoms in total. The van der Waals surface area contributed by atoms with E-state index in [9.17, 15) is 8.42 Å². The Kier molecular flexibility index (Phi) is 4.96. The number of sulfone groups is 1. The minimum absolute atomic E-state index is 0.0746. The van der Waals surface area contributed by atoms with E-state index in [-0.39, 0.29) is 11.5 Å². The minimum atomic E-state index is -3.00. The van der Waals surface area contributed by atoms with E-state index in [2.05, 4.69) is 27.6 Å². The highest BCUT2D eigenvalue weighted by molar-refractivity contribution is 7.91. The molecule has 0 radical (unpaired) electrons. The van der Waals surface area contributed by atoms with Gasteiger partial charge in [0.2, 0.25) is 5.95 Å². The van der Waals surface area contributed by atoms with E-state index in [1.807, 2.05) is 6.07 Å². The van der Waals surface area contributed by atoms with E-state index >= 15 is 0 Å². The zero-order chi connectivity index (χ0) is 15.5. The molecule has 0 aliphatic rings. The van der Waals surface area contributed by atoms with Gasteiger partial charge in [-0.1, -0.05) is 13.8 Å². The van der Waals surface area contributed by atoms with Gasteiger partial charge < -0.3 is 5.32 Å². The van der Waals surface area contributed by atoms with Crippen LogP contribution in [0.2, 0.25) is 0 Å². The Morgan fingerprint density at radius 2 is 2.10 bits per heavy atom. The van der Waals surface area contributed by atoms with Crippen LogP contribution in [0.3, 0.4) is 0 Å². The van der Waals surface area contributed by atoms with Crippen molar-refractivity contribution in [3.8, 4) is 0 Å². The maximum atomic E-state index is 11.5. The first-order valence-electron chi connectivity index (χ1n) is 6.70. The van der Waals surface area contributed by atoms with Crippen molar-refractivity contribution in [3.05, 3.63) is 10.9 Å². The number of hydrazine groups is 1. The number of nitrogens with one attached hydrogen (secondary N) is 2. The molecule has 0 saturated heterocycles. The monoisotopic (exact) mass is 329 g/mol. The van der Waals surface area contributed by atoms with Crippen LogP contribution in [0.15, 0.2) is 6.07 Å². The van der Waals surface area contributed by atoms with Crippen molar-refractivity contribution in [2.75, 3.05) is 28.8 Å². The lowest BCUT2D eigenvalue weighted by atomic mass is 10.3. The summed E-state index contributed by atoms with van der Waals surface area (Å²) in [5.74, 6) is 6.51. The number of rotatable bonds is 7. The number of anilines is 2. The topological polar surface area (TPSA) is 110 Å². The van der Waals surface area contributed by atoms with Crippen molar-refractivity contribution in [3.63, 3.8) is 0 Å². The number of thiophene rings is 1. The highest BCUT2D eigenvalue weighted by atomic mass is 32.2. The van der Waals surface area contributed by atoms with Gasteiger partial charge >= 0.3 is 0 Å². The van der Waals surface area contributed by atoms with Crippen molar-refractivity contribution in [2.45, 2.75) is 20.3 Å². The summed E-state index contributed by atoms with van der Waals surface area (Å²) in [6.45, 7) is 4.02. The quantitative estimate of drug-likeness (QED) is 0.520. The molecular weight excluding hydrogens is 310 g/mol. The summed E-state index contributed by atoms with van der Waals surface area (Å²) in [7, 11) is -3.00. The first-order valence-corrected chi connectivity index (χ1v) is 9.34. The minimum Gasteiger partial charge on any atom is -0.368 e. The number of nitrogens with two attached hydrogens (primary N) is 1. The standard InChI is InChI=1S/C12H19N5O2S2/c1-3-8-7-9-10(14-5-6-21(18,19)4-2)15-12(17-13)16-11(9)20-8/h7H,3-6,13H2,1-2H3,(H2,14,15,16,17). The molecule has 2 aromatic rings. The molecule has 2 heterocycles. The zero-order valence-electron chi connectivity index (χ0n) is 12.0. The third kappa shape index (κ3) is 3.80. The summed E-state index contributed by atoms with van der Waals surface area (Å²) >= 11 is 1.58. The summed E-state index contributed by atoms with van der Waals surface area (Å²) in [6, 6.07) is 2.02. The molecule has 0 bridgehead atoms. The molecule has 0 saturated carbocycles. The van der Waals surface area contributed by atoms with Crippen molar-refractivity contribution in [1.29, 1.82) is 0 Å². The normalized spacial score (nSPS) is 11.8. The molecule has 0 atom stereocenters. The molecule has 2 aromatic heterocycles. The summed E-state index contributed by atoms with van der Waals surface area (Å²) in [5.41, 5.74) is 2.43. The fraction of sp³-hybridized carbons (Fsp3) is 0.500. The molecular formula is C12H19N5O2S2. The van der Waals surface area contributed by atoms with Crippen molar-refractivity contribution in [1.82, 2.24) is 9.97 Å². The highest BCUT2D eigenvalue weighted by Gasteiger charge is 2.12. The van der Waals surface area contributed by atoms with E-state index in [4.69, 9.17) is 5.84 Å². The Balaban J connectivity index is 2.26. The molecule has 21 heavy (non-hydrogen) atoms. The molecule has 0 spiro atoms. The second-order valence-electron chi connectivity index (χ2n) is 4.49. The maximum absolute atomic E-state index is 11.5. The van der Waals surface area contributed by atoms with Gasteiger partial charge in [0.15, 0.2) is 9.84 Å². The first-order chi connectivity index (χ1) is 9.99. The van der Waals surface area contributed by atoms with Crippen LogP contribution >= 0.6 is 11.3 Å². The van der Waals surface area contributed by atoms with Gasteiger partial charge in [0.05, 0.1) is 11.1 Å². The van der Waals surface area contributed by atoms with Crippen LogP contribution < -0.4 is 16.6 Å². The molecule has 9 heteroatoms. The van der Waals surface area contributed by atoms with E-state index < -0.39 is 9.84 Å². The Hall–Kier alpha value is -1.45. The average molecular weight is 329 g/mol. The van der Waals surface area contributed by atoms with Gasteiger partial charge in [-0.3, -0.25) is 5.43 Å².